The molecule has 2 rings (SSSR count). The Morgan fingerprint density at radius 2 is 1.50 bits per heavy atom. The fraction of sp³-hybridized carbons (Fsp3) is 0.500. The summed E-state index contributed by atoms with van der Waals surface area (Å²) in [7, 11) is 4.23. The summed E-state index contributed by atoms with van der Waals surface area (Å²) in [5.41, 5.74) is 1.40. The molecular formula is C14H21Cl2NO. The summed E-state index contributed by atoms with van der Waals surface area (Å²) >= 11 is 0. The van der Waals surface area contributed by atoms with Crippen LogP contribution < -0.4 is 0 Å². The Kier molecular flexibility index (Phi) is 6.90. The molecule has 102 valence electrons. The number of Topliss-reactive ketones (excluding diaryl/α,β-unsaturated/α-hetero) is 1. The van der Waals surface area contributed by atoms with E-state index in [0.29, 0.717) is 18.6 Å². The minimum atomic E-state index is 0. The van der Waals surface area contributed by atoms with Gasteiger partial charge in [-0.25, -0.2) is 0 Å². The topological polar surface area (TPSA) is 20.3 Å². The van der Waals surface area contributed by atoms with Crippen LogP contribution in [0.3, 0.4) is 0 Å². The highest BCUT2D eigenvalue weighted by atomic mass is 35.5. The van der Waals surface area contributed by atoms with Gasteiger partial charge in [-0.3, -0.25) is 9.69 Å². The van der Waals surface area contributed by atoms with Gasteiger partial charge in [-0.05, 0) is 32.5 Å². The zero-order chi connectivity index (χ0) is 11.6. The van der Waals surface area contributed by atoms with Gasteiger partial charge in [0.15, 0.2) is 0 Å². The Labute approximate surface area is 122 Å². The first-order valence-electron chi connectivity index (χ1n) is 5.90. The third-order valence-corrected chi connectivity index (χ3v) is 3.80. The Morgan fingerprint density at radius 1 is 1.00 bits per heavy atom. The molecule has 0 heterocycles. The molecule has 1 aromatic carbocycles. The lowest BCUT2D eigenvalue weighted by atomic mass is 9.75. The van der Waals surface area contributed by atoms with Crippen molar-refractivity contribution in [1.29, 1.82) is 0 Å². The summed E-state index contributed by atoms with van der Waals surface area (Å²) < 4.78 is 0. The molecule has 0 aromatic heterocycles. The van der Waals surface area contributed by atoms with Crippen LogP contribution >= 0.6 is 24.8 Å². The first-order valence-corrected chi connectivity index (χ1v) is 5.90. The fourth-order valence-electron chi connectivity index (χ4n) is 2.68. The zero-order valence-electron chi connectivity index (χ0n) is 10.9. The highest BCUT2D eigenvalue weighted by Crippen LogP contribution is 2.39. The highest BCUT2D eigenvalue weighted by Gasteiger charge is 2.37. The van der Waals surface area contributed by atoms with Crippen LogP contribution in [0.15, 0.2) is 30.3 Å². The van der Waals surface area contributed by atoms with Gasteiger partial charge >= 0.3 is 0 Å². The molecule has 1 saturated carbocycles. The van der Waals surface area contributed by atoms with Gasteiger partial charge in [0, 0.05) is 18.4 Å². The lowest BCUT2D eigenvalue weighted by Gasteiger charge is -2.43. The Morgan fingerprint density at radius 3 is 1.94 bits per heavy atom. The van der Waals surface area contributed by atoms with E-state index in [1.807, 2.05) is 6.07 Å². The smallest absolute Gasteiger partial charge is 0.133 e. The predicted molar refractivity (Wildman–Crippen MR) is 79.8 cm³/mol. The molecule has 4 heteroatoms. The zero-order valence-corrected chi connectivity index (χ0v) is 12.5. The third kappa shape index (κ3) is 3.25. The van der Waals surface area contributed by atoms with Crippen molar-refractivity contribution >= 4 is 30.6 Å². The van der Waals surface area contributed by atoms with Crippen LogP contribution in [0.4, 0.5) is 0 Å². The number of ketones is 1. The van der Waals surface area contributed by atoms with Gasteiger partial charge in [0.2, 0.25) is 0 Å². The first-order chi connectivity index (χ1) is 7.65. The SMILES string of the molecule is CN(C)C1(c2ccccc2)CCC(=O)CC1.Cl.Cl. The maximum Gasteiger partial charge on any atom is 0.133 e. The molecule has 1 aliphatic carbocycles. The molecule has 1 aliphatic rings. The molecule has 0 amide bonds. The van der Waals surface area contributed by atoms with E-state index in [2.05, 4.69) is 43.3 Å². The number of rotatable bonds is 2. The van der Waals surface area contributed by atoms with Crippen molar-refractivity contribution < 1.29 is 4.79 Å². The molecule has 0 unspecified atom stereocenters. The van der Waals surface area contributed by atoms with Crippen LogP contribution in [0, 0.1) is 0 Å². The van der Waals surface area contributed by atoms with Crippen molar-refractivity contribution in [2.24, 2.45) is 0 Å². The molecule has 0 spiro atoms. The molecule has 0 atom stereocenters. The van der Waals surface area contributed by atoms with Crippen LogP contribution in [0.25, 0.3) is 0 Å². The number of nitrogens with zero attached hydrogens (tertiary/aromatic N) is 1. The number of benzene rings is 1. The molecule has 0 bridgehead atoms. The lowest BCUT2D eigenvalue weighted by Crippen LogP contribution is -2.44. The predicted octanol–water partition coefficient (Wildman–Crippen LogP) is 3.43. The van der Waals surface area contributed by atoms with Gasteiger partial charge in [0.1, 0.15) is 5.78 Å². The van der Waals surface area contributed by atoms with E-state index in [-0.39, 0.29) is 30.4 Å². The fourth-order valence-corrected chi connectivity index (χ4v) is 2.68. The normalized spacial score (nSPS) is 17.8. The summed E-state index contributed by atoms with van der Waals surface area (Å²) in [6.45, 7) is 0. The summed E-state index contributed by atoms with van der Waals surface area (Å²) in [5.74, 6) is 0.411. The van der Waals surface area contributed by atoms with Crippen LogP contribution in [0.5, 0.6) is 0 Å². The highest BCUT2D eigenvalue weighted by molar-refractivity contribution is 5.85. The molecule has 0 saturated heterocycles. The van der Waals surface area contributed by atoms with Gasteiger partial charge < -0.3 is 0 Å². The number of carbonyl (C=O) groups is 1. The van der Waals surface area contributed by atoms with Crippen LogP contribution in [-0.2, 0) is 10.3 Å². The number of hydrogen-bond acceptors (Lipinski definition) is 2. The Balaban J connectivity index is 0.00000144. The van der Waals surface area contributed by atoms with E-state index in [0.717, 1.165) is 12.8 Å². The molecular weight excluding hydrogens is 269 g/mol. The van der Waals surface area contributed by atoms with Gasteiger partial charge in [0.05, 0.1) is 0 Å². The van der Waals surface area contributed by atoms with E-state index in [1.54, 1.807) is 0 Å². The number of carbonyl (C=O) groups excluding carboxylic acids is 1. The quantitative estimate of drug-likeness (QED) is 0.831. The molecule has 0 N–H and O–H groups in total. The molecule has 0 radical (unpaired) electrons. The van der Waals surface area contributed by atoms with Crippen LogP contribution in [-0.4, -0.2) is 24.8 Å². The maximum atomic E-state index is 11.4. The van der Waals surface area contributed by atoms with Crippen molar-refractivity contribution in [3.8, 4) is 0 Å². The van der Waals surface area contributed by atoms with Crippen molar-refractivity contribution in [1.82, 2.24) is 4.90 Å². The number of halogens is 2. The maximum absolute atomic E-state index is 11.4. The molecule has 1 aromatic rings. The average molecular weight is 290 g/mol. The Bertz CT molecular complexity index is 369. The minimum Gasteiger partial charge on any atom is -0.300 e. The second kappa shape index (κ2) is 7.13. The summed E-state index contributed by atoms with van der Waals surface area (Å²) in [5, 5.41) is 0. The summed E-state index contributed by atoms with van der Waals surface area (Å²) in [6.07, 6.45) is 3.33. The molecule has 2 nitrogen and oxygen atoms in total. The average Bonchev–Trinajstić information content (AvgIpc) is 2.31. The number of hydrogen-bond donors (Lipinski definition) is 0. The molecule has 0 aliphatic heterocycles. The lowest BCUT2D eigenvalue weighted by molar-refractivity contribution is -0.122. The first kappa shape index (κ1) is 17.4. The van der Waals surface area contributed by atoms with Gasteiger partial charge in [-0.2, -0.15) is 0 Å². The van der Waals surface area contributed by atoms with E-state index in [4.69, 9.17) is 0 Å². The van der Waals surface area contributed by atoms with Gasteiger partial charge in [-0.1, -0.05) is 30.3 Å². The largest absolute Gasteiger partial charge is 0.300 e. The van der Waals surface area contributed by atoms with Gasteiger partial charge in [-0.15, -0.1) is 24.8 Å². The monoisotopic (exact) mass is 289 g/mol. The van der Waals surface area contributed by atoms with Crippen LogP contribution in [0.1, 0.15) is 31.2 Å². The van der Waals surface area contributed by atoms with Crippen molar-refractivity contribution in [3.63, 3.8) is 0 Å². The second-order valence-corrected chi connectivity index (χ2v) is 4.83. The van der Waals surface area contributed by atoms with Gasteiger partial charge in [0.25, 0.3) is 0 Å². The van der Waals surface area contributed by atoms with Crippen molar-refractivity contribution in [2.45, 2.75) is 31.2 Å². The van der Waals surface area contributed by atoms with Crippen LogP contribution in [0.2, 0.25) is 0 Å². The standard InChI is InChI=1S/C14H19NO.2ClH/c1-15(2)14(10-8-13(16)9-11-14)12-6-4-3-5-7-12;;/h3-7H,8-11H2,1-2H3;2*1H. The Hall–Kier alpha value is -0.570. The van der Waals surface area contributed by atoms with E-state index >= 15 is 0 Å². The van der Waals surface area contributed by atoms with E-state index in [1.165, 1.54) is 5.56 Å². The summed E-state index contributed by atoms with van der Waals surface area (Å²) in [6, 6.07) is 10.6. The van der Waals surface area contributed by atoms with Crippen molar-refractivity contribution in [3.05, 3.63) is 35.9 Å². The van der Waals surface area contributed by atoms with Crippen molar-refractivity contribution in [2.75, 3.05) is 14.1 Å². The minimum absolute atomic E-state index is 0. The molecule has 1 fully saturated rings. The molecule has 18 heavy (non-hydrogen) atoms. The summed E-state index contributed by atoms with van der Waals surface area (Å²) in [4.78, 5) is 13.7. The van der Waals surface area contributed by atoms with E-state index < -0.39 is 0 Å². The van der Waals surface area contributed by atoms with E-state index in [9.17, 15) is 4.79 Å². The third-order valence-electron chi connectivity index (χ3n) is 3.80. The second-order valence-electron chi connectivity index (χ2n) is 4.83.